The molecule has 3 rings (SSSR count). The van der Waals surface area contributed by atoms with Crippen molar-refractivity contribution in [3.05, 3.63) is 88.2 Å². The molecule has 0 spiro atoms. The number of unbranched alkanes of at least 4 members (excludes halogenated alkanes) is 1. The molecule has 220 valence electrons. The lowest BCUT2D eigenvalue weighted by Gasteiger charge is -2.23. The Balaban J connectivity index is 1.52. The Morgan fingerprint density at radius 3 is 2.20 bits per heavy atom. The first-order chi connectivity index (χ1) is 19.7. The van der Waals surface area contributed by atoms with Crippen molar-refractivity contribution in [3.8, 4) is 11.5 Å². The predicted molar refractivity (Wildman–Crippen MR) is 157 cm³/mol. The van der Waals surface area contributed by atoms with Gasteiger partial charge in [-0.3, -0.25) is 0 Å². The molecule has 3 aromatic carbocycles. The number of nitrogens with zero attached hydrogens (tertiary/aromatic N) is 1. The monoisotopic (exact) mass is 606 g/mol. The van der Waals surface area contributed by atoms with Crippen LogP contribution in [0.2, 0.25) is 10.0 Å². The fraction of sp³-hybridized carbons (Fsp3) is 0.333. The maximum absolute atomic E-state index is 13.3. The molecule has 2 amide bonds. The number of carbonyl (C=O) groups is 2. The van der Waals surface area contributed by atoms with E-state index in [2.05, 4.69) is 5.32 Å². The lowest BCUT2D eigenvalue weighted by Crippen LogP contribution is -2.38. The van der Waals surface area contributed by atoms with Crippen molar-refractivity contribution in [2.24, 2.45) is 0 Å². The van der Waals surface area contributed by atoms with Crippen LogP contribution in [0, 0.1) is 5.82 Å². The molecule has 41 heavy (non-hydrogen) atoms. The summed E-state index contributed by atoms with van der Waals surface area (Å²) in [6, 6.07) is 17.3. The van der Waals surface area contributed by atoms with E-state index in [1.54, 1.807) is 54.3 Å². The second kappa shape index (κ2) is 16.7. The maximum atomic E-state index is 13.3. The van der Waals surface area contributed by atoms with Gasteiger partial charge in [-0.2, -0.15) is 0 Å². The summed E-state index contributed by atoms with van der Waals surface area (Å²) in [5.41, 5.74) is 1.28. The highest BCUT2D eigenvalue weighted by Crippen LogP contribution is 2.24. The molecule has 2 N–H and O–H groups in total. The highest BCUT2D eigenvalue weighted by Gasteiger charge is 2.18. The van der Waals surface area contributed by atoms with Gasteiger partial charge >= 0.3 is 12.0 Å². The SMILES string of the molecule is CCOC(Cc1ccc(OCCN(CCCCOc2cc(Cl)cc(Cl)c2)C(=O)Nc2ccc(F)cc2)cc1)C(=O)O. The molecule has 0 saturated heterocycles. The zero-order chi connectivity index (χ0) is 29.6. The molecule has 0 aromatic heterocycles. The van der Waals surface area contributed by atoms with Crippen LogP contribution in [0.3, 0.4) is 0 Å². The van der Waals surface area contributed by atoms with E-state index in [1.807, 2.05) is 0 Å². The van der Waals surface area contributed by atoms with Crippen molar-refractivity contribution in [1.82, 2.24) is 4.90 Å². The van der Waals surface area contributed by atoms with E-state index in [9.17, 15) is 19.1 Å². The van der Waals surface area contributed by atoms with Gasteiger partial charge in [0.05, 0.1) is 13.2 Å². The zero-order valence-electron chi connectivity index (χ0n) is 22.7. The number of carbonyl (C=O) groups excluding carboxylic acids is 1. The molecule has 1 atom stereocenters. The average Bonchev–Trinajstić information content (AvgIpc) is 2.93. The van der Waals surface area contributed by atoms with Crippen LogP contribution in [0.25, 0.3) is 0 Å². The van der Waals surface area contributed by atoms with Crippen LogP contribution in [0.1, 0.15) is 25.3 Å². The summed E-state index contributed by atoms with van der Waals surface area (Å²) in [6.45, 7) is 3.44. The maximum Gasteiger partial charge on any atom is 0.333 e. The molecule has 0 saturated carbocycles. The van der Waals surface area contributed by atoms with E-state index in [4.69, 9.17) is 37.4 Å². The Morgan fingerprint density at radius 1 is 0.902 bits per heavy atom. The summed E-state index contributed by atoms with van der Waals surface area (Å²) in [5, 5.41) is 13.0. The second-order valence-electron chi connectivity index (χ2n) is 9.06. The number of urea groups is 1. The molecule has 0 radical (unpaired) electrons. The van der Waals surface area contributed by atoms with Crippen molar-refractivity contribution in [1.29, 1.82) is 0 Å². The standard InChI is InChI=1S/C30H33Cl2FN2O6/c1-2-39-28(29(36)37)17-21-5-11-26(12-6-21)41-16-14-35(30(38)34-25-9-7-24(33)8-10-25)13-3-4-15-40-27-19-22(31)18-23(32)20-27/h5-12,18-20,28H,2-4,13-17H2,1H3,(H,34,38)(H,36,37). The molecule has 0 aliphatic rings. The summed E-state index contributed by atoms with van der Waals surface area (Å²) >= 11 is 12.0. The fourth-order valence-electron chi connectivity index (χ4n) is 3.89. The number of nitrogens with one attached hydrogen (secondary N) is 1. The summed E-state index contributed by atoms with van der Waals surface area (Å²) in [5.74, 6) is -0.239. The van der Waals surface area contributed by atoms with E-state index >= 15 is 0 Å². The number of halogens is 3. The van der Waals surface area contributed by atoms with Gasteiger partial charge in [-0.1, -0.05) is 35.3 Å². The number of aliphatic carboxylic acids is 1. The van der Waals surface area contributed by atoms with E-state index in [-0.39, 0.29) is 19.1 Å². The van der Waals surface area contributed by atoms with Gasteiger partial charge in [0.1, 0.15) is 23.9 Å². The molecule has 11 heteroatoms. The first-order valence-electron chi connectivity index (χ1n) is 13.2. The second-order valence-corrected chi connectivity index (χ2v) is 9.94. The van der Waals surface area contributed by atoms with Crippen molar-refractivity contribution in [2.75, 3.05) is 38.2 Å². The van der Waals surface area contributed by atoms with E-state index < -0.39 is 17.9 Å². The van der Waals surface area contributed by atoms with Crippen LogP contribution in [0.4, 0.5) is 14.9 Å². The number of hydrogen-bond donors (Lipinski definition) is 2. The van der Waals surface area contributed by atoms with Crippen molar-refractivity contribution >= 4 is 40.9 Å². The van der Waals surface area contributed by atoms with E-state index in [0.717, 1.165) is 5.56 Å². The largest absolute Gasteiger partial charge is 0.493 e. The van der Waals surface area contributed by atoms with Crippen LogP contribution in [0.15, 0.2) is 66.7 Å². The van der Waals surface area contributed by atoms with Gasteiger partial charge in [-0.15, -0.1) is 0 Å². The molecule has 3 aromatic rings. The van der Waals surface area contributed by atoms with E-state index in [0.29, 0.717) is 66.4 Å². The molecule has 0 aliphatic heterocycles. The predicted octanol–water partition coefficient (Wildman–Crippen LogP) is 6.94. The van der Waals surface area contributed by atoms with Crippen LogP contribution >= 0.6 is 23.2 Å². The van der Waals surface area contributed by atoms with Crippen LogP contribution < -0.4 is 14.8 Å². The first kappa shape index (κ1) is 32.0. The molecule has 1 unspecified atom stereocenters. The minimum Gasteiger partial charge on any atom is -0.493 e. The molecule has 0 bridgehead atoms. The summed E-state index contributed by atoms with van der Waals surface area (Å²) < 4.78 is 30.1. The van der Waals surface area contributed by atoms with Crippen molar-refractivity contribution in [2.45, 2.75) is 32.3 Å². The van der Waals surface area contributed by atoms with Gasteiger partial charge < -0.3 is 29.5 Å². The third-order valence-corrected chi connectivity index (χ3v) is 6.36. The average molecular weight is 608 g/mol. The molecule has 8 nitrogen and oxygen atoms in total. The number of hydrogen-bond acceptors (Lipinski definition) is 5. The Labute approximate surface area is 248 Å². The molecular weight excluding hydrogens is 574 g/mol. The normalized spacial score (nSPS) is 11.5. The van der Waals surface area contributed by atoms with Gasteiger partial charge in [0.2, 0.25) is 0 Å². The third-order valence-electron chi connectivity index (χ3n) is 5.93. The van der Waals surface area contributed by atoms with Gasteiger partial charge in [0.15, 0.2) is 6.10 Å². The number of benzene rings is 3. The lowest BCUT2D eigenvalue weighted by atomic mass is 10.1. The quantitative estimate of drug-likeness (QED) is 0.171. The number of carboxylic acids is 1. The number of anilines is 1. The molecule has 0 heterocycles. The summed E-state index contributed by atoms with van der Waals surface area (Å²) in [7, 11) is 0. The van der Waals surface area contributed by atoms with Crippen molar-refractivity contribution < 1.29 is 33.3 Å². The molecular formula is C30H33Cl2FN2O6. The van der Waals surface area contributed by atoms with Gasteiger partial charge in [-0.05, 0) is 79.9 Å². The highest BCUT2D eigenvalue weighted by molar-refractivity contribution is 6.34. The minimum absolute atomic E-state index is 0.227. The van der Waals surface area contributed by atoms with Crippen molar-refractivity contribution in [3.63, 3.8) is 0 Å². The zero-order valence-corrected chi connectivity index (χ0v) is 24.2. The Bertz CT molecular complexity index is 1240. The summed E-state index contributed by atoms with van der Waals surface area (Å²) in [6.07, 6.45) is 0.666. The number of amides is 2. The number of rotatable bonds is 16. The molecule has 0 aliphatic carbocycles. The highest BCUT2D eigenvalue weighted by atomic mass is 35.5. The fourth-order valence-corrected chi connectivity index (χ4v) is 4.39. The van der Waals surface area contributed by atoms with Gasteiger partial charge in [-0.25, -0.2) is 14.0 Å². The van der Waals surface area contributed by atoms with Gasteiger partial charge in [0.25, 0.3) is 0 Å². The van der Waals surface area contributed by atoms with Crippen LogP contribution in [-0.2, 0) is 16.0 Å². The Hall–Kier alpha value is -3.53. The van der Waals surface area contributed by atoms with Gasteiger partial charge in [0, 0.05) is 35.3 Å². The van der Waals surface area contributed by atoms with Crippen LogP contribution in [0.5, 0.6) is 11.5 Å². The molecule has 0 fully saturated rings. The topological polar surface area (TPSA) is 97.3 Å². The Kier molecular flexibility index (Phi) is 13.0. The smallest absolute Gasteiger partial charge is 0.333 e. The minimum atomic E-state index is -1.01. The first-order valence-corrected chi connectivity index (χ1v) is 14.0. The lowest BCUT2D eigenvalue weighted by molar-refractivity contribution is -0.149. The third kappa shape index (κ3) is 11.5. The number of carboxylic acid groups (broad SMARTS) is 1. The van der Waals surface area contributed by atoms with Crippen LogP contribution in [-0.4, -0.2) is 61.0 Å². The summed E-state index contributed by atoms with van der Waals surface area (Å²) in [4.78, 5) is 26.0. The number of ether oxygens (including phenoxy) is 3. The van der Waals surface area contributed by atoms with E-state index in [1.165, 1.54) is 24.3 Å². The Morgan fingerprint density at radius 2 is 1.56 bits per heavy atom.